The molecule has 0 N–H and O–H groups in total. The first kappa shape index (κ1) is 32.3. The molecule has 0 saturated carbocycles. The molecule has 0 bridgehead atoms. The van der Waals surface area contributed by atoms with Crippen LogP contribution in [0.5, 0.6) is 11.5 Å². The Morgan fingerprint density at radius 1 is 0.630 bits per heavy atom. The number of hydrogen-bond acceptors (Lipinski definition) is 6. The number of benzene rings is 4. The summed E-state index contributed by atoms with van der Waals surface area (Å²) in [5, 5.41) is 0. The fraction of sp³-hybridized carbons (Fsp3) is 0.400. The third kappa shape index (κ3) is 9.20. The van der Waals surface area contributed by atoms with E-state index in [0.717, 1.165) is 57.0 Å². The zero-order chi connectivity index (χ0) is 31.6. The van der Waals surface area contributed by atoms with Crippen molar-refractivity contribution in [2.75, 3.05) is 46.9 Å². The van der Waals surface area contributed by atoms with Gasteiger partial charge in [0, 0.05) is 32.2 Å². The average molecular weight is 623 g/mol. The Labute approximate surface area is 273 Å². The van der Waals surface area contributed by atoms with Crippen LogP contribution in [0.15, 0.2) is 97.1 Å². The summed E-state index contributed by atoms with van der Waals surface area (Å²) in [6.45, 7) is 5.87. The Balaban J connectivity index is 1.35. The maximum atomic E-state index is 6.01. The third-order valence-corrected chi connectivity index (χ3v) is 8.81. The SMILES string of the molecule is CCOCOc1ccc(C(c2ccc(CCC3CO3)cc2)C(c2ccc(CCCOC)cc2)c2ccc(OCC3CO3)cc2)cc1. The molecule has 6 rings (SSSR count). The Hall–Kier alpha value is -3.68. The predicted molar refractivity (Wildman–Crippen MR) is 180 cm³/mol. The molecular weight excluding hydrogens is 576 g/mol. The lowest BCUT2D eigenvalue weighted by molar-refractivity contribution is 0.0224. The standard InChI is InChI=1S/C40H46O6/c1-3-42-28-46-36-22-17-34(18-23-36)40(32-13-8-30(9-14-32)10-19-37-25-44-37)39(31-11-6-29(7-12-31)5-4-24-41-2)33-15-20-35(21-16-33)43-26-38-27-45-38/h6-9,11-18,20-23,37-40H,3-5,10,19,24-28H2,1-2H3. The summed E-state index contributed by atoms with van der Waals surface area (Å²) >= 11 is 0. The predicted octanol–water partition coefficient (Wildman–Crippen LogP) is 7.71. The molecule has 2 fully saturated rings. The van der Waals surface area contributed by atoms with Crippen molar-refractivity contribution in [1.82, 2.24) is 0 Å². The molecule has 4 aromatic rings. The van der Waals surface area contributed by atoms with Gasteiger partial charge in [-0.2, -0.15) is 0 Å². The highest BCUT2D eigenvalue weighted by atomic mass is 16.7. The van der Waals surface area contributed by atoms with E-state index in [1.54, 1.807) is 7.11 Å². The van der Waals surface area contributed by atoms with Crippen LogP contribution < -0.4 is 9.47 Å². The van der Waals surface area contributed by atoms with Crippen molar-refractivity contribution < 1.29 is 28.4 Å². The fourth-order valence-electron chi connectivity index (χ4n) is 6.01. The van der Waals surface area contributed by atoms with Crippen LogP contribution in [0.3, 0.4) is 0 Å². The maximum Gasteiger partial charge on any atom is 0.189 e. The van der Waals surface area contributed by atoms with Gasteiger partial charge in [0.2, 0.25) is 0 Å². The van der Waals surface area contributed by atoms with E-state index in [-0.39, 0.29) is 24.7 Å². The highest BCUT2D eigenvalue weighted by molar-refractivity contribution is 5.47. The summed E-state index contributed by atoms with van der Waals surface area (Å²) in [4.78, 5) is 0. The molecule has 0 amide bonds. The lowest BCUT2D eigenvalue weighted by atomic mass is 9.73. The van der Waals surface area contributed by atoms with Crippen molar-refractivity contribution in [3.05, 3.63) is 130 Å². The zero-order valence-corrected chi connectivity index (χ0v) is 27.1. The lowest BCUT2D eigenvalue weighted by Crippen LogP contribution is -2.15. The molecule has 6 heteroatoms. The Bertz CT molecular complexity index is 1340. The van der Waals surface area contributed by atoms with Crippen LogP contribution in [0.2, 0.25) is 0 Å². The van der Waals surface area contributed by atoms with Gasteiger partial charge < -0.3 is 28.4 Å². The molecule has 4 unspecified atom stereocenters. The van der Waals surface area contributed by atoms with Crippen LogP contribution in [-0.2, 0) is 31.8 Å². The van der Waals surface area contributed by atoms with E-state index in [1.807, 2.05) is 6.92 Å². The molecular formula is C40H46O6. The molecule has 2 aliphatic rings. The highest BCUT2D eigenvalue weighted by Crippen LogP contribution is 2.44. The van der Waals surface area contributed by atoms with Gasteiger partial charge in [0.05, 0.1) is 19.3 Å². The van der Waals surface area contributed by atoms with Crippen molar-refractivity contribution in [3.63, 3.8) is 0 Å². The van der Waals surface area contributed by atoms with Crippen molar-refractivity contribution in [2.24, 2.45) is 0 Å². The molecule has 0 radical (unpaired) electrons. The van der Waals surface area contributed by atoms with Crippen LogP contribution in [-0.4, -0.2) is 59.1 Å². The largest absolute Gasteiger partial charge is 0.491 e. The van der Waals surface area contributed by atoms with Crippen LogP contribution >= 0.6 is 0 Å². The van der Waals surface area contributed by atoms with Gasteiger partial charge in [0.25, 0.3) is 0 Å². The molecule has 2 aliphatic heterocycles. The second-order valence-corrected chi connectivity index (χ2v) is 12.2. The van der Waals surface area contributed by atoms with Gasteiger partial charge in [-0.15, -0.1) is 0 Å². The first-order valence-electron chi connectivity index (χ1n) is 16.6. The number of hydrogen-bond donors (Lipinski definition) is 0. The zero-order valence-electron chi connectivity index (χ0n) is 27.1. The molecule has 4 atom stereocenters. The minimum absolute atomic E-state index is 0.0627. The molecule has 6 nitrogen and oxygen atoms in total. The van der Waals surface area contributed by atoms with E-state index in [1.165, 1.54) is 33.4 Å². The number of ether oxygens (including phenoxy) is 6. The molecule has 2 heterocycles. The van der Waals surface area contributed by atoms with Gasteiger partial charge in [0.1, 0.15) is 24.2 Å². The van der Waals surface area contributed by atoms with Crippen LogP contribution in [0.25, 0.3) is 0 Å². The summed E-state index contributed by atoms with van der Waals surface area (Å²) in [5.74, 6) is 1.79. The highest BCUT2D eigenvalue weighted by Gasteiger charge is 2.29. The molecule has 242 valence electrons. The third-order valence-electron chi connectivity index (χ3n) is 8.81. The first-order chi connectivity index (χ1) is 22.7. The maximum absolute atomic E-state index is 6.01. The summed E-state index contributed by atoms with van der Waals surface area (Å²) < 4.78 is 33.3. The van der Waals surface area contributed by atoms with Crippen LogP contribution in [0.1, 0.15) is 65.0 Å². The Kier molecular flexibility index (Phi) is 11.4. The van der Waals surface area contributed by atoms with Crippen molar-refractivity contribution in [1.29, 1.82) is 0 Å². The van der Waals surface area contributed by atoms with E-state index >= 15 is 0 Å². The topological polar surface area (TPSA) is 62.0 Å². The van der Waals surface area contributed by atoms with Crippen molar-refractivity contribution in [3.8, 4) is 11.5 Å². The molecule has 46 heavy (non-hydrogen) atoms. The summed E-state index contributed by atoms with van der Waals surface area (Å²) in [7, 11) is 1.76. The second kappa shape index (κ2) is 16.2. The summed E-state index contributed by atoms with van der Waals surface area (Å²) in [6.07, 6.45) is 4.76. The van der Waals surface area contributed by atoms with Gasteiger partial charge >= 0.3 is 0 Å². The quantitative estimate of drug-likeness (QED) is 0.0607. The van der Waals surface area contributed by atoms with E-state index < -0.39 is 0 Å². The monoisotopic (exact) mass is 622 g/mol. The number of aryl methyl sites for hydroxylation is 2. The van der Waals surface area contributed by atoms with Gasteiger partial charge in [0.15, 0.2) is 6.79 Å². The van der Waals surface area contributed by atoms with Gasteiger partial charge in [-0.3, -0.25) is 0 Å². The lowest BCUT2D eigenvalue weighted by Gasteiger charge is -2.30. The second-order valence-electron chi connectivity index (χ2n) is 12.2. The minimum atomic E-state index is 0.0627. The molecule has 0 aliphatic carbocycles. The van der Waals surface area contributed by atoms with E-state index in [0.29, 0.717) is 19.3 Å². The van der Waals surface area contributed by atoms with Gasteiger partial charge in [-0.25, -0.2) is 0 Å². The molecule has 0 spiro atoms. The van der Waals surface area contributed by atoms with Crippen molar-refractivity contribution >= 4 is 0 Å². The van der Waals surface area contributed by atoms with Gasteiger partial charge in [-0.05, 0) is 90.3 Å². The Morgan fingerprint density at radius 3 is 1.59 bits per heavy atom. The molecule has 0 aromatic heterocycles. The fourth-order valence-corrected chi connectivity index (χ4v) is 6.01. The summed E-state index contributed by atoms with van der Waals surface area (Å²) in [6, 6.07) is 35.5. The van der Waals surface area contributed by atoms with E-state index in [4.69, 9.17) is 28.4 Å². The normalized spacial score (nSPS) is 18.1. The number of rotatable bonds is 19. The number of methoxy groups -OCH3 is 1. The first-order valence-corrected chi connectivity index (χ1v) is 16.6. The van der Waals surface area contributed by atoms with Gasteiger partial charge in [-0.1, -0.05) is 72.8 Å². The smallest absolute Gasteiger partial charge is 0.189 e. The molecule has 2 saturated heterocycles. The van der Waals surface area contributed by atoms with E-state index in [2.05, 4.69) is 97.1 Å². The van der Waals surface area contributed by atoms with Crippen LogP contribution in [0.4, 0.5) is 0 Å². The average Bonchev–Trinajstić information content (AvgIpc) is 4.04. The van der Waals surface area contributed by atoms with Crippen LogP contribution in [0, 0.1) is 0 Å². The minimum Gasteiger partial charge on any atom is -0.491 e. The number of epoxide rings is 2. The Morgan fingerprint density at radius 2 is 1.11 bits per heavy atom. The van der Waals surface area contributed by atoms with Crippen molar-refractivity contribution in [2.45, 2.75) is 56.7 Å². The molecule has 4 aromatic carbocycles. The van der Waals surface area contributed by atoms with E-state index in [9.17, 15) is 0 Å². The summed E-state index contributed by atoms with van der Waals surface area (Å²) in [5.41, 5.74) is 7.67.